The van der Waals surface area contributed by atoms with E-state index in [1.54, 1.807) is 0 Å². The molecule has 0 aromatic carbocycles. The van der Waals surface area contributed by atoms with E-state index in [2.05, 4.69) is 17.3 Å². The van der Waals surface area contributed by atoms with E-state index in [-0.39, 0.29) is 6.10 Å². The van der Waals surface area contributed by atoms with Crippen LogP contribution in [-0.2, 0) is 29.5 Å². The van der Waals surface area contributed by atoms with Gasteiger partial charge in [-0.15, -0.1) is 0 Å². The zero-order valence-corrected chi connectivity index (χ0v) is 13.0. The van der Waals surface area contributed by atoms with Gasteiger partial charge < -0.3 is 19.9 Å². The molecule has 0 radical (unpaired) electrons. The molecule has 0 amide bonds. The Bertz CT molecular complexity index is 416. The Labute approximate surface area is 126 Å². The van der Waals surface area contributed by atoms with E-state index < -0.39 is 6.10 Å². The summed E-state index contributed by atoms with van der Waals surface area (Å²) in [5, 5.41) is 17.5. The maximum absolute atomic E-state index is 9.88. The van der Waals surface area contributed by atoms with Crippen LogP contribution in [-0.4, -0.2) is 53.5 Å². The number of aliphatic hydroxyl groups is 1. The minimum Gasteiger partial charge on any atom is -0.389 e. The minimum absolute atomic E-state index is 0.215. The van der Waals surface area contributed by atoms with E-state index in [0.717, 1.165) is 38.1 Å². The third-order valence-corrected chi connectivity index (χ3v) is 3.66. The van der Waals surface area contributed by atoms with Gasteiger partial charge in [0, 0.05) is 38.5 Å². The first kappa shape index (κ1) is 16.4. The normalized spacial score (nSPS) is 20.0. The first-order valence-corrected chi connectivity index (χ1v) is 7.78. The van der Waals surface area contributed by atoms with Crippen molar-refractivity contribution in [3.63, 3.8) is 0 Å². The molecule has 2 heterocycles. The molecular weight excluding hydrogens is 270 g/mol. The third-order valence-electron chi connectivity index (χ3n) is 3.66. The molecule has 0 saturated carbocycles. The molecule has 0 aliphatic carbocycles. The second kappa shape index (κ2) is 8.48. The summed E-state index contributed by atoms with van der Waals surface area (Å²) in [6, 6.07) is 0. The highest BCUT2D eigenvalue weighted by Gasteiger charge is 2.16. The molecule has 1 aromatic heterocycles. The highest BCUT2D eigenvalue weighted by atomic mass is 16.5. The molecule has 1 saturated heterocycles. The van der Waals surface area contributed by atoms with Crippen molar-refractivity contribution in [1.29, 1.82) is 0 Å². The first-order chi connectivity index (χ1) is 10.2. The second-order valence-corrected chi connectivity index (χ2v) is 5.59. The molecule has 1 fully saturated rings. The smallest absolute Gasteiger partial charge is 0.0897 e. The highest BCUT2D eigenvalue weighted by Crippen LogP contribution is 2.12. The number of aliphatic hydroxyl groups excluding tert-OH is 1. The number of hydrogen-bond donors (Lipinski definition) is 2. The lowest BCUT2D eigenvalue weighted by Gasteiger charge is -2.14. The summed E-state index contributed by atoms with van der Waals surface area (Å²) in [5.41, 5.74) is 2.29. The number of hydrogen-bond acceptors (Lipinski definition) is 5. The summed E-state index contributed by atoms with van der Waals surface area (Å²) in [7, 11) is 1.93. The fourth-order valence-electron chi connectivity index (χ4n) is 2.57. The fraction of sp³-hybridized carbons (Fsp3) is 0.800. The number of nitrogens with zero attached hydrogens (tertiary/aromatic N) is 2. The summed E-state index contributed by atoms with van der Waals surface area (Å²) >= 11 is 0. The van der Waals surface area contributed by atoms with E-state index in [0.29, 0.717) is 19.8 Å². The van der Waals surface area contributed by atoms with Gasteiger partial charge in [0.05, 0.1) is 31.1 Å². The lowest BCUT2D eigenvalue weighted by Crippen LogP contribution is -2.31. The number of ether oxygens (including phenoxy) is 2. The van der Waals surface area contributed by atoms with Crippen LogP contribution in [0.4, 0.5) is 0 Å². The Morgan fingerprint density at radius 2 is 2.48 bits per heavy atom. The number of aromatic nitrogens is 2. The average Bonchev–Trinajstić information content (AvgIpc) is 3.08. The van der Waals surface area contributed by atoms with E-state index in [1.807, 2.05) is 17.9 Å². The predicted octanol–water partition coefficient (Wildman–Crippen LogP) is 0.629. The summed E-state index contributed by atoms with van der Waals surface area (Å²) in [6.07, 6.45) is 4.84. The van der Waals surface area contributed by atoms with Crippen molar-refractivity contribution in [2.75, 3.05) is 26.4 Å². The van der Waals surface area contributed by atoms with Gasteiger partial charge in [-0.1, -0.05) is 6.92 Å². The largest absolute Gasteiger partial charge is 0.389 e. The van der Waals surface area contributed by atoms with Crippen LogP contribution in [0.25, 0.3) is 0 Å². The highest BCUT2D eigenvalue weighted by molar-refractivity contribution is 5.16. The van der Waals surface area contributed by atoms with Crippen LogP contribution >= 0.6 is 0 Å². The molecule has 2 N–H and O–H groups in total. The molecule has 6 nitrogen and oxygen atoms in total. The maximum Gasteiger partial charge on any atom is 0.0897 e. The maximum atomic E-state index is 9.88. The van der Waals surface area contributed by atoms with E-state index >= 15 is 0 Å². The molecule has 1 aliphatic heterocycles. The standard InChI is InChI=1S/C15H27N3O3/c1-3-15-12(9-18(2)17-15)7-16-8-13(19)10-20-11-14-5-4-6-21-14/h9,13-14,16,19H,3-8,10-11H2,1-2H3. The predicted molar refractivity (Wildman–Crippen MR) is 80.1 cm³/mol. The van der Waals surface area contributed by atoms with Crippen molar-refractivity contribution in [3.8, 4) is 0 Å². The molecule has 1 aliphatic rings. The topological polar surface area (TPSA) is 68.5 Å². The van der Waals surface area contributed by atoms with Gasteiger partial charge in [0.15, 0.2) is 0 Å². The van der Waals surface area contributed by atoms with Gasteiger partial charge in [0.2, 0.25) is 0 Å². The quantitative estimate of drug-likeness (QED) is 0.700. The Hall–Kier alpha value is -0.950. The summed E-state index contributed by atoms with van der Waals surface area (Å²) in [5.74, 6) is 0. The van der Waals surface area contributed by atoms with Crippen molar-refractivity contribution in [2.45, 2.75) is 44.9 Å². The first-order valence-electron chi connectivity index (χ1n) is 7.78. The van der Waals surface area contributed by atoms with E-state index in [1.165, 1.54) is 5.56 Å². The van der Waals surface area contributed by atoms with Crippen molar-refractivity contribution in [1.82, 2.24) is 15.1 Å². The van der Waals surface area contributed by atoms with Crippen molar-refractivity contribution < 1.29 is 14.6 Å². The van der Waals surface area contributed by atoms with Crippen LogP contribution in [0, 0.1) is 0 Å². The van der Waals surface area contributed by atoms with Crippen molar-refractivity contribution in [3.05, 3.63) is 17.5 Å². The summed E-state index contributed by atoms with van der Waals surface area (Å²) in [4.78, 5) is 0. The van der Waals surface area contributed by atoms with Crippen molar-refractivity contribution in [2.24, 2.45) is 7.05 Å². The molecule has 1 aromatic rings. The van der Waals surface area contributed by atoms with Crippen LogP contribution in [0.3, 0.4) is 0 Å². The van der Waals surface area contributed by atoms with Crippen molar-refractivity contribution >= 4 is 0 Å². The number of nitrogens with one attached hydrogen (secondary N) is 1. The molecule has 2 unspecified atom stereocenters. The number of rotatable bonds is 9. The van der Waals surface area contributed by atoms with Crippen LogP contribution in [0.2, 0.25) is 0 Å². The zero-order chi connectivity index (χ0) is 15.1. The molecule has 2 rings (SSSR count). The molecule has 2 atom stereocenters. The van der Waals surface area contributed by atoms with Crippen LogP contribution in [0.15, 0.2) is 6.20 Å². The lowest BCUT2D eigenvalue weighted by molar-refractivity contribution is -0.0164. The molecule has 0 spiro atoms. The fourth-order valence-corrected chi connectivity index (χ4v) is 2.57. The summed E-state index contributed by atoms with van der Waals surface area (Å²) < 4.78 is 12.8. The third kappa shape index (κ3) is 5.39. The lowest BCUT2D eigenvalue weighted by atomic mass is 10.2. The van der Waals surface area contributed by atoms with Crippen LogP contribution in [0.5, 0.6) is 0 Å². The Morgan fingerprint density at radius 1 is 1.62 bits per heavy atom. The average molecular weight is 297 g/mol. The number of aryl methyl sites for hydroxylation is 2. The van der Waals surface area contributed by atoms with Crippen LogP contribution in [0.1, 0.15) is 31.0 Å². The van der Waals surface area contributed by atoms with Gasteiger partial charge in [-0.25, -0.2) is 0 Å². The Balaban J connectivity index is 1.58. The Morgan fingerprint density at radius 3 is 3.19 bits per heavy atom. The van der Waals surface area contributed by atoms with Gasteiger partial charge in [0.25, 0.3) is 0 Å². The zero-order valence-electron chi connectivity index (χ0n) is 13.0. The molecular formula is C15H27N3O3. The molecule has 120 valence electrons. The summed E-state index contributed by atoms with van der Waals surface area (Å²) in [6.45, 7) is 5.10. The molecule has 21 heavy (non-hydrogen) atoms. The minimum atomic E-state index is -0.492. The molecule has 0 bridgehead atoms. The van der Waals surface area contributed by atoms with Gasteiger partial charge in [-0.2, -0.15) is 5.10 Å². The van der Waals surface area contributed by atoms with Gasteiger partial charge in [-0.05, 0) is 19.3 Å². The van der Waals surface area contributed by atoms with Gasteiger partial charge in [0.1, 0.15) is 0 Å². The molecule has 6 heteroatoms. The SMILES string of the molecule is CCc1nn(C)cc1CNCC(O)COCC1CCCO1. The van der Waals surface area contributed by atoms with Gasteiger partial charge in [-0.3, -0.25) is 4.68 Å². The second-order valence-electron chi connectivity index (χ2n) is 5.59. The van der Waals surface area contributed by atoms with Gasteiger partial charge >= 0.3 is 0 Å². The monoisotopic (exact) mass is 297 g/mol. The van der Waals surface area contributed by atoms with Crippen LogP contribution < -0.4 is 5.32 Å². The van der Waals surface area contributed by atoms with E-state index in [4.69, 9.17) is 9.47 Å². The Kier molecular flexibility index (Phi) is 6.63. The van der Waals surface area contributed by atoms with E-state index in [9.17, 15) is 5.11 Å².